The summed E-state index contributed by atoms with van der Waals surface area (Å²) in [6.45, 7) is 10.2. The minimum Gasteiger partial charge on any atom is -0.478 e. The van der Waals surface area contributed by atoms with Gasteiger partial charge in [0.2, 0.25) is 17.7 Å². The zero-order valence-electron chi connectivity index (χ0n) is 16.2. The fourth-order valence-corrected chi connectivity index (χ4v) is 3.12. The summed E-state index contributed by atoms with van der Waals surface area (Å²) in [6.07, 6.45) is 0. The Morgan fingerprint density at radius 3 is 1.96 bits per heavy atom. The van der Waals surface area contributed by atoms with E-state index >= 15 is 0 Å². The van der Waals surface area contributed by atoms with E-state index in [2.05, 4.69) is 44.0 Å². The van der Waals surface area contributed by atoms with Gasteiger partial charge in [-0.1, -0.05) is 24.3 Å². The largest absolute Gasteiger partial charge is 0.478 e. The zero-order chi connectivity index (χ0) is 19.1. The Kier molecular flexibility index (Phi) is 6.84. The molecule has 146 valence electrons. The van der Waals surface area contributed by atoms with Crippen LogP contribution in [0.2, 0.25) is 0 Å². The van der Waals surface area contributed by atoms with Gasteiger partial charge in [-0.05, 0) is 25.0 Å². The Morgan fingerprint density at radius 1 is 0.889 bits per heavy atom. The molecule has 0 amide bonds. The molecule has 1 saturated heterocycles. The van der Waals surface area contributed by atoms with Gasteiger partial charge in [-0.15, -0.1) is 0 Å². The highest BCUT2D eigenvalue weighted by Crippen LogP contribution is 2.22. The van der Waals surface area contributed by atoms with Crippen LogP contribution in [0.4, 0.5) is 5.95 Å². The third-order valence-corrected chi connectivity index (χ3v) is 4.57. The van der Waals surface area contributed by atoms with Gasteiger partial charge in [-0.2, -0.15) is 9.97 Å². The molecule has 0 unspecified atom stereocenters. The first-order chi connectivity index (χ1) is 13.2. The van der Waals surface area contributed by atoms with Crippen LogP contribution >= 0.6 is 0 Å². The molecule has 27 heavy (non-hydrogen) atoms. The van der Waals surface area contributed by atoms with Crippen LogP contribution in [0.3, 0.4) is 0 Å². The number of anilines is 1. The maximum atomic E-state index is 5.67. The molecule has 2 heterocycles. The highest BCUT2D eigenvalue weighted by molar-refractivity contribution is 5.37. The van der Waals surface area contributed by atoms with E-state index in [1.807, 2.05) is 13.8 Å². The third-order valence-electron chi connectivity index (χ3n) is 4.57. The molecular formula is C20H29N5O2. The van der Waals surface area contributed by atoms with E-state index in [1.165, 1.54) is 11.1 Å². The Labute approximate surface area is 161 Å². The Balaban J connectivity index is 1.60. The van der Waals surface area contributed by atoms with Crippen molar-refractivity contribution >= 4 is 5.95 Å². The van der Waals surface area contributed by atoms with Gasteiger partial charge in [0, 0.05) is 39.3 Å². The van der Waals surface area contributed by atoms with Crippen molar-refractivity contribution in [3.05, 3.63) is 41.5 Å². The standard InChI is InChI=1S/C20H29N5O2/c1-3-26-18-13-19(27-4-2)23-20(22-18)25-11-9-24(10-12-25)15-17-7-5-16(14-21)6-8-17/h5-8,13H,3-4,9-12,14-15,21H2,1-2H3. The number of hydrogen-bond acceptors (Lipinski definition) is 7. The van der Waals surface area contributed by atoms with Gasteiger partial charge in [-0.25, -0.2) is 0 Å². The molecule has 0 spiro atoms. The van der Waals surface area contributed by atoms with Crippen molar-refractivity contribution in [1.29, 1.82) is 0 Å². The average Bonchev–Trinajstić information content (AvgIpc) is 2.69. The average molecular weight is 371 g/mol. The molecule has 1 aromatic heterocycles. The van der Waals surface area contributed by atoms with Crippen LogP contribution in [0.15, 0.2) is 30.3 Å². The summed E-state index contributed by atoms with van der Waals surface area (Å²) in [7, 11) is 0. The van der Waals surface area contributed by atoms with E-state index in [-0.39, 0.29) is 0 Å². The number of piperazine rings is 1. The van der Waals surface area contributed by atoms with Crippen LogP contribution in [0, 0.1) is 0 Å². The van der Waals surface area contributed by atoms with Crippen molar-refractivity contribution in [2.75, 3.05) is 44.3 Å². The maximum Gasteiger partial charge on any atom is 0.232 e. The number of nitrogens with zero attached hydrogens (tertiary/aromatic N) is 4. The van der Waals surface area contributed by atoms with Crippen molar-refractivity contribution in [3.8, 4) is 11.8 Å². The van der Waals surface area contributed by atoms with Crippen LogP contribution in [0.1, 0.15) is 25.0 Å². The first kappa shape index (κ1) is 19.4. The Morgan fingerprint density at radius 2 is 1.44 bits per heavy atom. The molecule has 0 atom stereocenters. The molecule has 1 aromatic carbocycles. The van der Waals surface area contributed by atoms with Gasteiger partial charge in [-0.3, -0.25) is 4.90 Å². The van der Waals surface area contributed by atoms with Crippen LogP contribution in [0.5, 0.6) is 11.8 Å². The predicted octanol–water partition coefficient (Wildman–Crippen LogP) is 2.05. The first-order valence-corrected chi connectivity index (χ1v) is 9.61. The summed E-state index contributed by atoms with van der Waals surface area (Å²) in [5.74, 6) is 1.80. The molecule has 2 aromatic rings. The lowest BCUT2D eigenvalue weighted by molar-refractivity contribution is 0.247. The van der Waals surface area contributed by atoms with E-state index in [1.54, 1.807) is 6.07 Å². The van der Waals surface area contributed by atoms with Crippen LogP contribution in [0.25, 0.3) is 0 Å². The first-order valence-electron chi connectivity index (χ1n) is 9.61. The second kappa shape index (κ2) is 9.53. The predicted molar refractivity (Wildman–Crippen MR) is 106 cm³/mol. The maximum absolute atomic E-state index is 5.67. The summed E-state index contributed by atoms with van der Waals surface area (Å²) >= 11 is 0. The van der Waals surface area contributed by atoms with E-state index in [0.29, 0.717) is 37.5 Å². The number of benzene rings is 1. The molecule has 0 bridgehead atoms. The van der Waals surface area contributed by atoms with Crippen molar-refractivity contribution in [1.82, 2.24) is 14.9 Å². The van der Waals surface area contributed by atoms with Crippen molar-refractivity contribution in [3.63, 3.8) is 0 Å². The SMILES string of the molecule is CCOc1cc(OCC)nc(N2CCN(Cc3ccc(CN)cc3)CC2)n1. The molecule has 2 N–H and O–H groups in total. The Hall–Kier alpha value is -2.38. The molecule has 3 rings (SSSR count). The van der Waals surface area contributed by atoms with Crippen LogP contribution < -0.4 is 20.1 Å². The van der Waals surface area contributed by atoms with Gasteiger partial charge in [0.15, 0.2) is 0 Å². The summed E-state index contributed by atoms with van der Waals surface area (Å²) in [6, 6.07) is 10.3. The second-order valence-corrected chi connectivity index (χ2v) is 6.49. The van der Waals surface area contributed by atoms with Gasteiger partial charge in [0.25, 0.3) is 0 Å². The highest BCUT2D eigenvalue weighted by atomic mass is 16.5. The fraction of sp³-hybridized carbons (Fsp3) is 0.500. The smallest absolute Gasteiger partial charge is 0.232 e. The lowest BCUT2D eigenvalue weighted by atomic mass is 10.1. The van der Waals surface area contributed by atoms with Gasteiger partial charge >= 0.3 is 0 Å². The monoisotopic (exact) mass is 371 g/mol. The molecule has 0 saturated carbocycles. The van der Waals surface area contributed by atoms with Gasteiger partial charge in [0.1, 0.15) is 0 Å². The number of aromatic nitrogens is 2. The molecule has 1 aliphatic heterocycles. The number of nitrogens with two attached hydrogens (primary N) is 1. The second-order valence-electron chi connectivity index (χ2n) is 6.49. The Bertz CT molecular complexity index is 691. The lowest BCUT2D eigenvalue weighted by Gasteiger charge is -2.34. The van der Waals surface area contributed by atoms with Crippen LogP contribution in [-0.2, 0) is 13.1 Å². The van der Waals surface area contributed by atoms with Gasteiger partial charge in [0.05, 0.1) is 19.3 Å². The minimum atomic E-state index is 0.563. The summed E-state index contributed by atoms with van der Waals surface area (Å²) in [5, 5.41) is 0. The summed E-state index contributed by atoms with van der Waals surface area (Å²) < 4.78 is 11.1. The molecular weight excluding hydrogens is 342 g/mol. The number of ether oxygens (including phenoxy) is 2. The zero-order valence-corrected chi connectivity index (χ0v) is 16.2. The molecule has 7 heteroatoms. The van der Waals surface area contributed by atoms with Crippen molar-refractivity contribution in [2.45, 2.75) is 26.9 Å². The number of hydrogen-bond donors (Lipinski definition) is 1. The minimum absolute atomic E-state index is 0.563. The highest BCUT2D eigenvalue weighted by Gasteiger charge is 2.20. The van der Waals surface area contributed by atoms with E-state index in [0.717, 1.165) is 32.7 Å². The normalized spacial score (nSPS) is 15.0. The van der Waals surface area contributed by atoms with E-state index in [4.69, 9.17) is 15.2 Å². The summed E-state index contributed by atoms with van der Waals surface area (Å²) in [4.78, 5) is 13.7. The van der Waals surface area contributed by atoms with Gasteiger partial charge < -0.3 is 20.1 Å². The van der Waals surface area contributed by atoms with Crippen molar-refractivity contribution in [2.24, 2.45) is 5.73 Å². The molecule has 1 fully saturated rings. The molecule has 7 nitrogen and oxygen atoms in total. The van der Waals surface area contributed by atoms with E-state index < -0.39 is 0 Å². The quantitative estimate of drug-likeness (QED) is 0.761. The third kappa shape index (κ3) is 5.30. The van der Waals surface area contributed by atoms with E-state index in [9.17, 15) is 0 Å². The lowest BCUT2D eigenvalue weighted by Crippen LogP contribution is -2.46. The topological polar surface area (TPSA) is 76.7 Å². The molecule has 0 aliphatic carbocycles. The van der Waals surface area contributed by atoms with Crippen LogP contribution in [-0.4, -0.2) is 54.3 Å². The fourth-order valence-electron chi connectivity index (χ4n) is 3.12. The number of rotatable bonds is 8. The van der Waals surface area contributed by atoms with Crippen molar-refractivity contribution < 1.29 is 9.47 Å². The molecule has 0 radical (unpaired) electrons. The molecule has 1 aliphatic rings. The summed E-state index contributed by atoms with van der Waals surface area (Å²) in [5.41, 5.74) is 8.15.